The van der Waals surface area contributed by atoms with Crippen LogP contribution in [-0.4, -0.2) is 21.1 Å². The molecule has 3 aromatic rings. The Morgan fingerprint density at radius 2 is 1.72 bits per heavy atom. The predicted molar refractivity (Wildman–Crippen MR) is 90.7 cm³/mol. The van der Waals surface area contributed by atoms with Gasteiger partial charge in [0.25, 0.3) is 5.91 Å². The van der Waals surface area contributed by atoms with Crippen molar-refractivity contribution in [3.8, 4) is 0 Å². The molecule has 25 heavy (non-hydrogen) atoms. The Morgan fingerprint density at radius 3 is 2.48 bits per heavy atom. The molecule has 0 saturated heterocycles. The molecule has 0 aliphatic rings. The molecule has 0 spiro atoms. The van der Waals surface area contributed by atoms with Crippen molar-refractivity contribution in [2.45, 2.75) is 0 Å². The highest BCUT2D eigenvalue weighted by Gasteiger charge is 2.13. The SMILES string of the molecule is O=C(NO)c1ccccc1Nc1nc(Nc2ccccc2)ncc1F. The first-order chi connectivity index (χ1) is 12.2. The van der Waals surface area contributed by atoms with E-state index in [-0.39, 0.29) is 23.0 Å². The van der Waals surface area contributed by atoms with E-state index < -0.39 is 11.7 Å². The van der Waals surface area contributed by atoms with Crippen LogP contribution >= 0.6 is 0 Å². The minimum absolute atomic E-state index is 0.105. The zero-order valence-corrected chi connectivity index (χ0v) is 12.9. The Bertz CT molecular complexity index is 889. The van der Waals surface area contributed by atoms with E-state index in [1.165, 1.54) is 6.07 Å². The molecule has 0 aliphatic carbocycles. The maximum Gasteiger partial charge on any atom is 0.276 e. The number of para-hydroxylation sites is 2. The van der Waals surface area contributed by atoms with Gasteiger partial charge in [0.2, 0.25) is 5.95 Å². The standard InChI is InChI=1S/C17H14FN5O2/c18-13-10-19-17(20-11-6-2-1-3-7-11)22-15(13)21-14-9-5-4-8-12(14)16(24)23-25/h1-10,25H,(H,23,24)(H2,19,20,21,22). The lowest BCUT2D eigenvalue weighted by Gasteiger charge is -2.12. The summed E-state index contributed by atoms with van der Waals surface area (Å²) in [7, 11) is 0. The number of rotatable bonds is 5. The average Bonchev–Trinajstić information content (AvgIpc) is 2.65. The van der Waals surface area contributed by atoms with Crippen LogP contribution in [0.3, 0.4) is 0 Å². The van der Waals surface area contributed by atoms with Gasteiger partial charge >= 0.3 is 0 Å². The molecular weight excluding hydrogens is 325 g/mol. The molecule has 0 bridgehead atoms. The van der Waals surface area contributed by atoms with Crippen LogP contribution in [0.5, 0.6) is 0 Å². The number of amides is 1. The van der Waals surface area contributed by atoms with Crippen LogP contribution in [0.2, 0.25) is 0 Å². The number of hydrogen-bond acceptors (Lipinski definition) is 6. The molecule has 7 nitrogen and oxygen atoms in total. The lowest BCUT2D eigenvalue weighted by atomic mass is 10.1. The Kier molecular flexibility index (Phi) is 4.82. The lowest BCUT2D eigenvalue weighted by molar-refractivity contribution is 0.0707. The summed E-state index contributed by atoms with van der Waals surface area (Å²) < 4.78 is 14.0. The molecule has 0 atom stereocenters. The lowest BCUT2D eigenvalue weighted by Crippen LogP contribution is -2.20. The minimum Gasteiger partial charge on any atom is -0.337 e. The minimum atomic E-state index is -0.722. The van der Waals surface area contributed by atoms with E-state index in [4.69, 9.17) is 5.21 Å². The summed E-state index contributed by atoms with van der Waals surface area (Å²) >= 11 is 0. The van der Waals surface area contributed by atoms with E-state index in [2.05, 4.69) is 20.6 Å². The third-order valence-electron chi connectivity index (χ3n) is 3.30. The number of benzene rings is 2. The number of anilines is 4. The summed E-state index contributed by atoms with van der Waals surface area (Å²) in [5.74, 6) is -1.32. The number of aromatic nitrogens is 2. The zero-order chi connectivity index (χ0) is 17.6. The predicted octanol–water partition coefficient (Wildman–Crippen LogP) is 3.22. The third-order valence-corrected chi connectivity index (χ3v) is 3.30. The molecule has 0 fully saturated rings. The number of hydroxylamine groups is 1. The summed E-state index contributed by atoms with van der Waals surface area (Å²) in [5.41, 5.74) is 2.73. The van der Waals surface area contributed by atoms with Crippen molar-refractivity contribution < 1.29 is 14.4 Å². The molecule has 8 heteroatoms. The van der Waals surface area contributed by atoms with Crippen LogP contribution in [0.1, 0.15) is 10.4 Å². The first-order valence-electron chi connectivity index (χ1n) is 7.32. The number of carbonyl (C=O) groups is 1. The number of halogens is 1. The van der Waals surface area contributed by atoms with Crippen molar-refractivity contribution in [1.82, 2.24) is 15.4 Å². The van der Waals surface area contributed by atoms with Gasteiger partial charge in [-0.15, -0.1) is 0 Å². The van der Waals surface area contributed by atoms with Gasteiger partial charge in [0, 0.05) is 5.69 Å². The molecule has 4 N–H and O–H groups in total. The van der Waals surface area contributed by atoms with E-state index in [0.717, 1.165) is 11.9 Å². The molecule has 1 aromatic heterocycles. The smallest absolute Gasteiger partial charge is 0.276 e. The quantitative estimate of drug-likeness (QED) is 0.421. The van der Waals surface area contributed by atoms with Gasteiger partial charge in [-0.05, 0) is 24.3 Å². The van der Waals surface area contributed by atoms with Gasteiger partial charge in [0.15, 0.2) is 11.6 Å². The number of nitrogens with zero attached hydrogens (tertiary/aromatic N) is 2. The summed E-state index contributed by atoms with van der Waals surface area (Å²) in [6.45, 7) is 0. The normalized spacial score (nSPS) is 10.2. The van der Waals surface area contributed by atoms with E-state index >= 15 is 0 Å². The van der Waals surface area contributed by atoms with Gasteiger partial charge in [-0.1, -0.05) is 30.3 Å². The van der Waals surface area contributed by atoms with E-state index in [1.54, 1.807) is 23.7 Å². The summed E-state index contributed by atoms with van der Waals surface area (Å²) in [6.07, 6.45) is 1.02. The van der Waals surface area contributed by atoms with E-state index in [9.17, 15) is 9.18 Å². The van der Waals surface area contributed by atoms with Gasteiger partial charge < -0.3 is 10.6 Å². The second kappa shape index (κ2) is 7.37. The highest BCUT2D eigenvalue weighted by molar-refractivity contribution is 5.99. The molecule has 0 aliphatic heterocycles. The second-order valence-corrected chi connectivity index (χ2v) is 4.99. The summed E-state index contributed by atoms with van der Waals surface area (Å²) in [5, 5.41) is 14.5. The van der Waals surface area contributed by atoms with Crippen molar-refractivity contribution in [3.63, 3.8) is 0 Å². The summed E-state index contributed by atoms with van der Waals surface area (Å²) in [4.78, 5) is 19.7. The van der Waals surface area contributed by atoms with Crippen molar-refractivity contribution in [2.24, 2.45) is 0 Å². The van der Waals surface area contributed by atoms with Gasteiger partial charge in [0.05, 0.1) is 17.4 Å². The van der Waals surface area contributed by atoms with Crippen LogP contribution in [0.25, 0.3) is 0 Å². The highest BCUT2D eigenvalue weighted by Crippen LogP contribution is 2.23. The first kappa shape index (κ1) is 16.3. The largest absolute Gasteiger partial charge is 0.337 e. The number of carbonyl (C=O) groups excluding carboxylic acids is 1. The van der Waals surface area contributed by atoms with Crippen LogP contribution < -0.4 is 16.1 Å². The van der Waals surface area contributed by atoms with Crippen LogP contribution in [0.4, 0.5) is 27.5 Å². The Balaban J connectivity index is 1.88. The average molecular weight is 339 g/mol. The van der Waals surface area contributed by atoms with Crippen molar-refractivity contribution in [3.05, 3.63) is 72.2 Å². The van der Waals surface area contributed by atoms with Gasteiger partial charge in [-0.25, -0.2) is 14.9 Å². The molecule has 1 amide bonds. The molecule has 1 heterocycles. The Morgan fingerprint density at radius 1 is 1.00 bits per heavy atom. The number of hydrogen-bond donors (Lipinski definition) is 4. The van der Waals surface area contributed by atoms with E-state index in [1.807, 2.05) is 30.3 Å². The monoisotopic (exact) mass is 339 g/mol. The molecule has 2 aromatic carbocycles. The van der Waals surface area contributed by atoms with Gasteiger partial charge in [0.1, 0.15) is 0 Å². The van der Waals surface area contributed by atoms with Crippen molar-refractivity contribution in [1.29, 1.82) is 0 Å². The molecular formula is C17H14FN5O2. The van der Waals surface area contributed by atoms with Gasteiger partial charge in [-0.2, -0.15) is 4.98 Å². The fourth-order valence-corrected chi connectivity index (χ4v) is 2.14. The third kappa shape index (κ3) is 3.88. The molecule has 126 valence electrons. The van der Waals surface area contributed by atoms with Gasteiger partial charge in [-0.3, -0.25) is 10.0 Å². The Hall–Kier alpha value is -3.52. The molecule has 0 unspecified atom stereocenters. The zero-order valence-electron chi connectivity index (χ0n) is 12.9. The molecule has 0 radical (unpaired) electrons. The van der Waals surface area contributed by atoms with Crippen molar-refractivity contribution in [2.75, 3.05) is 10.6 Å². The van der Waals surface area contributed by atoms with E-state index in [0.29, 0.717) is 0 Å². The first-order valence-corrected chi connectivity index (χ1v) is 7.32. The second-order valence-electron chi connectivity index (χ2n) is 4.99. The summed E-state index contributed by atoms with van der Waals surface area (Å²) in [6, 6.07) is 15.5. The maximum atomic E-state index is 14.0. The topological polar surface area (TPSA) is 99.2 Å². The van der Waals surface area contributed by atoms with Crippen LogP contribution in [0.15, 0.2) is 60.8 Å². The number of nitrogens with one attached hydrogen (secondary N) is 3. The molecule has 3 rings (SSSR count). The van der Waals surface area contributed by atoms with Crippen LogP contribution in [0, 0.1) is 5.82 Å². The highest BCUT2D eigenvalue weighted by atomic mass is 19.1. The Labute approximate surface area is 142 Å². The van der Waals surface area contributed by atoms with Crippen LogP contribution in [-0.2, 0) is 0 Å². The fourth-order valence-electron chi connectivity index (χ4n) is 2.14. The van der Waals surface area contributed by atoms with Crippen molar-refractivity contribution >= 4 is 29.0 Å². The fraction of sp³-hybridized carbons (Fsp3) is 0. The molecule has 0 saturated carbocycles. The maximum absolute atomic E-state index is 14.0.